The van der Waals surface area contributed by atoms with Crippen LogP contribution >= 0.6 is 11.3 Å². The minimum Gasteiger partial charge on any atom is -0.353 e. The van der Waals surface area contributed by atoms with E-state index in [0.29, 0.717) is 6.54 Å². The Labute approximate surface area is 137 Å². The molecule has 5 heteroatoms. The molecular formula is C18H13N3OS. The number of rotatable bonds is 1. The number of nitrogens with one attached hydrogen (secondary N) is 1. The van der Waals surface area contributed by atoms with Crippen LogP contribution in [0.25, 0.3) is 20.9 Å². The summed E-state index contributed by atoms with van der Waals surface area (Å²) in [5.41, 5.74) is 6.41. The lowest BCUT2D eigenvalue weighted by Crippen LogP contribution is -2.17. The third-order valence-electron chi connectivity index (χ3n) is 4.39. The van der Waals surface area contributed by atoms with E-state index < -0.39 is 0 Å². The van der Waals surface area contributed by atoms with Gasteiger partial charge in [0, 0.05) is 35.8 Å². The maximum Gasteiger partial charge on any atom is 0.254 e. The number of fused-ring (bicyclic) bond motifs is 5. The second-order valence-electron chi connectivity index (χ2n) is 5.97. The van der Waals surface area contributed by atoms with E-state index in [1.165, 1.54) is 9.75 Å². The van der Waals surface area contributed by atoms with Crippen molar-refractivity contribution < 1.29 is 4.79 Å². The maximum absolute atomic E-state index is 12.0. The highest BCUT2D eigenvalue weighted by atomic mass is 32.1. The first kappa shape index (κ1) is 12.8. The van der Waals surface area contributed by atoms with Crippen molar-refractivity contribution in [2.45, 2.75) is 6.54 Å². The molecule has 0 spiro atoms. The fraction of sp³-hybridized carbons (Fsp3) is 0.111. The quantitative estimate of drug-likeness (QED) is 0.574. The lowest BCUT2D eigenvalue weighted by molar-refractivity contribution is 0.0816. The number of pyridine rings is 1. The number of benzene rings is 1. The van der Waals surface area contributed by atoms with Gasteiger partial charge in [-0.25, -0.2) is 0 Å². The smallest absolute Gasteiger partial charge is 0.254 e. The molecule has 1 N–H and O–H groups in total. The number of anilines is 2. The highest BCUT2D eigenvalue weighted by Crippen LogP contribution is 2.45. The molecule has 2 aliphatic heterocycles. The van der Waals surface area contributed by atoms with Gasteiger partial charge in [0.15, 0.2) is 0 Å². The molecule has 0 saturated carbocycles. The summed E-state index contributed by atoms with van der Waals surface area (Å²) in [6.07, 6.45) is 3.74. The van der Waals surface area contributed by atoms with Crippen LogP contribution in [0.1, 0.15) is 15.9 Å². The van der Waals surface area contributed by atoms with Crippen LogP contribution in [0.15, 0.2) is 42.7 Å². The van der Waals surface area contributed by atoms with Crippen molar-refractivity contribution in [1.29, 1.82) is 0 Å². The average molecular weight is 319 g/mol. The zero-order chi connectivity index (χ0) is 15.6. The van der Waals surface area contributed by atoms with Crippen molar-refractivity contribution in [1.82, 2.24) is 9.88 Å². The molecule has 4 nitrogen and oxygen atoms in total. The highest BCUT2D eigenvalue weighted by Gasteiger charge is 2.25. The second kappa shape index (κ2) is 4.43. The van der Waals surface area contributed by atoms with Gasteiger partial charge in [-0.2, -0.15) is 0 Å². The first-order valence-corrected chi connectivity index (χ1v) is 8.26. The van der Waals surface area contributed by atoms with Crippen molar-refractivity contribution in [3.63, 3.8) is 0 Å². The fourth-order valence-electron chi connectivity index (χ4n) is 3.25. The normalized spacial score (nSPS) is 14.5. The molecule has 1 aromatic carbocycles. The number of aromatic nitrogens is 1. The first-order valence-electron chi connectivity index (χ1n) is 7.44. The van der Waals surface area contributed by atoms with Crippen LogP contribution in [0.4, 0.5) is 11.4 Å². The van der Waals surface area contributed by atoms with Gasteiger partial charge in [-0.15, -0.1) is 11.3 Å². The molecule has 112 valence electrons. The zero-order valence-electron chi connectivity index (χ0n) is 12.5. The Morgan fingerprint density at radius 1 is 1.17 bits per heavy atom. The molecule has 0 radical (unpaired) electrons. The first-order chi connectivity index (χ1) is 11.2. The predicted octanol–water partition coefficient (Wildman–Crippen LogP) is 4.12. The second-order valence-corrected chi connectivity index (χ2v) is 7.03. The predicted molar refractivity (Wildman–Crippen MR) is 92.1 cm³/mol. The Kier molecular flexibility index (Phi) is 2.47. The standard InChI is InChI=1S/C18H13N3OS/c1-21-9-12-4-10(2-3-14(12)18(21)22)16-6-15-17(23-16)11-5-13(20-15)8-19-7-11/h2-8,20H,9H2,1H3. The molecule has 0 fully saturated rings. The van der Waals surface area contributed by atoms with E-state index in [1.807, 2.05) is 31.6 Å². The Hall–Kier alpha value is -2.66. The Morgan fingerprint density at radius 3 is 3.00 bits per heavy atom. The van der Waals surface area contributed by atoms with Gasteiger partial charge in [-0.3, -0.25) is 9.78 Å². The van der Waals surface area contributed by atoms with Crippen LogP contribution in [-0.4, -0.2) is 22.8 Å². The van der Waals surface area contributed by atoms with Gasteiger partial charge in [-0.05, 0) is 35.4 Å². The van der Waals surface area contributed by atoms with Crippen LogP contribution in [-0.2, 0) is 6.54 Å². The third-order valence-corrected chi connectivity index (χ3v) is 5.62. The summed E-state index contributed by atoms with van der Waals surface area (Å²) in [7, 11) is 1.84. The van der Waals surface area contributed by atoms with E-state index in [9.17, 15) is 4.79 Å². The molecule has 4 heterocycles. The monoisotopic (exact) mass is 319 g/mol. The Balaban J connectivity index is 1.60. The van der Waals surface area contributed by atoms with Crippen molar-refractivity contribution in [3.05, 3.63) is 53.9 Å². The minimum atomic E-state index is 0.112. The van der Waals surface area contributed by atoms with Gasteiger partial charge in [0.25, 0.3) is 5.91 Å². The van der Waals surface area contributed by atoms with E-state index in [-0.39, 0.29) is 5.91 Å². The number of thiophene rings is 1. The van der Waals surface area contributed by atoms with E-state index >= 15 is 0 Å². The summed E-state index contributed by atoms with van der Waals surface area (Å²) in [4.78, 5) is 20.4. The number of hydrogen-bond acceptors (Lipinski definition) is 4. The average Bonchev–Trinajstić information content (AvgIpc) is 3.09. The minimum absolute atomic E-state index is 0.112. The van der Waals surface area contributed by atoms with Crippen LogP contribution in [0.5, 0.6) is 0 Å². The number of carbonyl (C=O) groups excluding carboxylic acids is 1. The highest BCUT2D eigenvalue weighted by molar-refractivity contribution is 7.19. The van der Waals surface area contributed by atoms with Crippen molar-refractivity contribution in [3.8, 4) is 20.9 Å². The van der Waals surface area contributed by atoms with Crippen LogP contribution in [0, 0.1) is 0 Å². The summed E-state index contributed by atoms with van der Waals surface area (Å²) in [6, 6.07) is 10.4. The summed E-state index contributed by atoms with van der Waals surface area (Å²) >= 11 is 1.76. The van der Waals surface area contributed by atoms with Gasteiger partial charge in [0.1, 0.15) is 0 Å². The SMILES string of the molecule is CN1Cc2cc(-c3cc4c(s3)-c3cncc(c3)N4)ccc2C1=O. The number of carbonyl (C=O) groups is 1. The molecule has 0 aliphatic carbocycles. The fourth-order valence-corrected chi connectivity index (χ4v) is 4.34. The van der Waals surface area contributed by atoms with E-state index in [2.05, 4.69) is 28.5 Å². The van der Waals surface area contributed by atoms with Gasteiger partial charge < -0.3 is 10.2 Å². The molecule has 1 amide bonds. The van der Waals surface area contributed by atoms with Crippen molar-refractivity contribution in [2.75, 3.05) is 12.4 Å². The molecule has 2 aromatic heterocycles. The van der Waals surface area contributed by atoms with Crippen molar-refractivity contribution in [2.24, 2.45) is 0 Å². The van der Waals surface area contributed by atoms with Crippen LogP contribution in [0.2, 0.25) is 0 Å². The molecule has 2 aliphatic rings. The van der Waals surface area contributed by atoms with Gasteiger partial charge in [0.05, 0.1) is 22.4 Å². The molecule has 0 saturated heterocycles. The van der Waals surface area contributed by atoms with E-state index in [4.69, 9.17) is 0 Å². The molecule has 3 aromatic rings. The molecular weight excluding hydrogens is 306 g/mol. The third kappa shape index (κ3) is 1.83. The number of amides is 1. The number of nitrogens with zero attached hydrogens (tertiary/aromatic N) is 2. The molecule has 0 unspecified atom stereocenters. The van der Waals surface area contributed by atoms with Crippen LogP contribution < -0.4 is 5.32 Å². The summed E-state index contributed by atoms with van der Waals surface area (Å²) < 4.78 is 0. The molecule has 23 heavy (non-hydrogen) atoms. The molecule has 0 atom stereocenters. The van der Waals surface area contributed by atoms with Gasteiger partial charge in [-0.1, -0.05) is 6.07 Å². The zero-order valence-corrected chi connectivity index (χ0v) is 13.3. The molecule has 5 rings (SSSR count). The lowest BCUT2D eigenvalue weighted by atomic mass is 10.0. The van der Waals surface area contributed by atoms with E-state index in [1.54, 1.807) is 16.2 Å². The van der Waals surface area contributed by atoms with Crippen molar-refractivity contribution >= 4 is 28.6 Å². The number of hydrogen-bond donors (Lipinski definition) is 1. The summed E-state index contributed by atoms with van der Waals surface area (Å²) in [6.45, 7) is 0.691. The largest absolute Gasteiger partial charge is 0.353 e. The summed E-state index contributed by atoms with van der Waals surface area (Å²) in [5.74, 6) is 0.112. The molecule has 2 bridgehead atoms. The van der Waals surface area contributed by atoms with Crippen LogP contribution in [0.3, 0.4) is 0 Å². The van der Waals surface area contributed by atoms with Gasteiger partial charge in [0.2, 0.25) is 0 Å². The van der Waals surface area contributed by atoms with Gasteiger partial charge >= 0.3 is 0 Å². The maximum atomic E-state index is 12.0. The lowest BCUT2D eigenvalue weighted by Gasteiger charge is -2.13. The van der Waals surface area contributed by atoms with E-state index in [0.717, 1.165) is 33.6 Å². The summed E-state index contributed by atoms with van der Waals surface area (Å²) in [5, 5.41) is 3.40. The topological polar surface area (TPSA) is 45.2 Å². The Bertz CT molecular complexity index is 976. The Morgan fingerprint density at radius 2 is 2.09 bits per heavy atom.